The molecule has 0 aromatic heterocycles. The van der Waals surface area contributed by atoms with Crippen LogP contribution in [0.5, 0.6) is 5.75 Å². The highest BCUT2D eigenvalue weighted by molar-refractivity contribution is 5.98. The normalized spacial score (nSPS) is 22.0. The van der Waals surface area contributed by atoms with E-state index >= 15 is 0 Å². The van der Waals surface area contributed by atoms with Gasteiger partial charge in [-0.05, 0) is 44.9 Å². The number of carbonyl (C=O) groups is 2. The van der Waals surface area contributed by atoms with Crippen molar-refractivity contribution in [3.05, 3.63) is 18.2 Å². The second kappa shape index (κ2) is 7.76. The molecule has 1 aliphatic carbocycles. The molecule has 0 saturated heterocycles. The van der Waals surface area contributed by atoms with Gasteiger partial charge in [-0.3, -0.25) is 9.59 Å². The number of anilines is 2. The van der Waals surface area contributed by atoms with E-state index in [0.29, 0.717) is 11.4 Å². The molecule has 1 heterocycles. The summed E-state index contributed by atoms with van der Waals surface area (Å²) in [5.74, 6) is 0.496. The Morgan fingerprint density at radius 2 is 1.96 bits per heavy atom. The van der Waals surface area contributed by atoms with E-state index in [9.17, 15) is 9.59 Å². The number of rotatable bonds is 4. The fourth-order valence-corrected chi connectivity index (χ4v) is 3.36. The molecule has 2 amide bonds. The molecular weight excluding hydrogens is 318 g/mol. The van der Waals surface area contributed by atoms with Crippen molar-refractivity contribution >= 4 is 23.2 Å². The van der Waals surface area contributed by atoms with Gasteiger partial charge in [0, 0.05) is 11.7 Å². The Morgan fingerprint density at radius 1 is 1.24 bits per heavy atom. The van der Waals surface area contributed by atoms with Crippen LogP contribution in [0.3, 0.4) is 0 Å². The van der Waals surface area contributed by atoms with Gasteiger partial charge in [0.25, 0.3) is 5.91 Å². The summed E-state index contributed by atoms with van der Waals surface area (Å²) in [4.78, 5) is 24.2. The van der Waals surface area contributed by atoms with E-state index in [1.807, 2.05) is 19.1 Å². The lowest BCUT2D eigenvalue weighted by Gasteiger charge is -2.25. The summed E-state index contributed by atoms with van der Waals surface area (Å²) >= 11 is 0. The van der Waals surface area contributed by atoms with Crippen molar-refractivity contribution in [2.24, 2.45) is 0 Å². The van der Waals surface area contributed by atoms with Gasteiger partial charge in [0.05, 0.1) is 5.69 Å². The average molecular weight is 345 g/mol. The van der Waals surface area contributed by atoms with Gasteiger partial charge in [-0.1, -0.05) is 25.7 Å². The van der Waals surface area contributed by atoms with Crippen LogP contribution < -0.4 is 20.7 Å². The molecule has 0 bridgehead atoms. The summed E-state index contributed by atoms with van der Waals surface area (Å²) in [6.07, 6.45) is 6.56. The minimum absolute atomic E-state index is 0.0125. The van der Waals surface area contributed by atoms with Crippen LogP contribution in [0.25, 0.3) is 0 Å². The van der Waals surface area contributed by atoms with Gasteiger partial charge in [0.15, 0.2) is 6.10 Å². The zero-order valence-electron chi connectivity index (χ0n) is 14.9. The smallest absolute Gasteiger partial charge is 0.265 e. The van der Waals surface area contributed by atoms with E-state index in [-0.39, 0.29) is 23.9 Å². The van der Waals surface area contributed by atoms with Gasteiger partial charge in [0.1, 0.15) is 11.8 Å². The van der Waals surface area contributed by atoms with Gasteiger partial charge in [-0.25, -0.2) is 0 Å². The first kappa shape index (κ1) is 17.6. The van der Waals surface area contributed by atoms with Crippen molar-refractivity contribution in [3.63, 3.8) is 0 Å². The summed E-state index contributed by atoms with van der Waals surface area (Å²) in [5, 5.41) is 9.18. The van der Waals surface area contributed by atoms with Gasteiger partial charge in [-0.15, -0.1) is 0 Å². The van der Waals surface area contributed by atoms with E-state index in [0.717, 1.165) is 18.5 Å². The molecule has 25 heavy (non-hydrogen) atoms. The maximum atomic E-state index is 12.4. The Balaban J connectivity index is 1.59. The number of hydrogen-bond donors (Lipinski definition) is 3. The molecule has 1 saturated carbocycles. The number of hydrogen-bond acceptors (Lipinski definition) is 4. The van der Waals surface area contributed by atoms with Gasteiger partial charge < -0.3 is 20.7 Å². The zero-order chi connectivity index (χ0) is 17.8. The van der Waals surface area contributed by atoms with Gasteiger partial charge in [0.2, 0.25) is 5.91 Å². The van der Waals surface area contributed by atoms with Crippen LogP contribution in [0.4, 0.5) is 11.4 Å². The zero-order valence-corrected chi connectivity index (χ0v) is 14.9. The molecule has 1 fully saturated rings. The van der Waals surface area contributed by atoms with Crippen LogP contribution in [-0.4, -0.2) is 30.0 Å². The van der Waals surface area contributed by atoms with E-state index in [1.165, 1.54) is 25.7 Å². The number of fused-ring (bicyclic) bond motifs is 1. The van der Waals surface area contributed by atoms with E-state index in [2.05, 4.69) is 16.0 Å². The largest absolute Gasteiger partial charge is 0.479 e. The highest BCUT2D eigenvalue weighted by atomic mass is 16.5. The molecule has 3 N–H and O–H groups in total. The Hall–Kier alpha value is -2.24. The predicted octanol–water partition coefficient (Wildman–Crippen LogP) is 3.05. The number of nitrogens with one attached hydrogen (secondary N) is 3. The monoisotopic (exact) mass is 345 g/mol. The number of ether oxygens (including phenoxy) is 1. The first-order valence-corrected chi connectivity index (χ1v) is 9.21. The first-order chi connectivity index (χ1) is 12.0. The first-order valence-electron chi connectivity index (χ1n) is 9.21. The lowest BCUT2D eigenvalue weighted by molar-refractivity contribution is -0.123. The van der Waals surface area contributed by atoms with Crippen molar-refractivity contribution in [2.75, 3.05) is 10.6 Å². The molecule has 136 valence electrons. The molecule has 1 aromatic carbocycles. The third-order valence-corrected chi connectivity index (χ3v) is 4.89. The summed E-state index contributed by atoms with van der Waals surface area (Å²) < 4.78 is 5.54. The lowest BCUT2D eigenvalue weighted by atomic mass is 10.1. The Labute approximate surface area is 148 Å². The van der Waals surface area contributed by atoms with Crippen LogP contribution in [0.1, 0.15) is 52.4 Å². The Bertz CT molecular complexity index is 639. The maximum Gasteiger partial charge on any atom is 0.265 e. The van der Waals surface area contributed by atoms with Crippen molar-refractivity contribution in [1.29, 1.82) is 0 Å². The van der Waals surface area contributed by atoms with E-state index in [4.69, 9.17) is 4.74 Å². The summed E-state index contributed by atoms with van der Waals surface area (Å²) in [6, 6.07) is 5.41. The standard InChI is InChI=1S/C19H27N3O3/c1-12(18(23)21-14-7-5-3-4-6-8-14)20-15-9-10-17-16(11-15)22-19(24)13(2)25-17/h9-14,20H,3-8H2,1-2H3,(H,21,23)(H,22,24)/t12-,13-/m1/s1. The molecule has 2 aliphatic rings. The highest BCUT2D eigenvalue weighted by Crippen LogP contribution is 2.32. The van der Waals surface area contributed by atoms with Crippen LogP contribution in [0.15, 0.2) is 18.2 Å². The molecule has 0 spiro atoms. The lowest BCUT2D eigenvalue weighted by Crippen LogP contribution is -2.43. The van der Waals surface area contributed by atoms with E-state index < -0.39 is 6.10 Å². The molecule has 0 unspecified atom stereocenters. The second-order valence-corrected chi connectivity index (χ2v) is 7.02. The summed E-state index contributed by atoms with van der Waals surface area (Å²) in [7, 11) is 0. The molecule has 3 rings (SSSR count). The average Bonchev–Trinajstić information content (AvgIpc) is 2.85. The van der Waals surface area contributed by atoms with Crippen molar-refractivity contribution in [2.45, 2.75) is 70.6 Å². The van der Waals surface area contributed by atoms with Gasteiger partial charge in [-0.2, -0.15) is 0 Å². The number of amides is 2. The van der Waals surface area contributed by atoms with Gasteiger partial charge >= 0.3 is 0 Å². The third kappa shape index (κ3) is 4.44. The summed E-state index contributed by atoms with van der Waals surface area (Å²) in [5.41, 5.74) is 1.41. The van der Waals surface area contributed by atoms with Crippen LogP contribution in [0, 0.1) is 0 Å². The van der Waals surface area contributed by atoms with Crippen LogP contribution >= 0.6 is 0 Å². The Morgan fingerprint density at radius 3 is 2.68 bits per heavy atom. The molecule has 0 radical (unpaired) electrons. The Kier molecular flexibility index (Phi) is 5.46. The maximum absolute atomic E-state index is 12.4. The fraction of sp³-hybridized carbons (Fsp3) is 0.579. The fourth-order valence-electron chi connectivity index (χ4n) is 3.36. The molecule has 6 nitrogen and oxygen atoms in total. The SMILES string of the molecule is C[C@@H](Nc1ccc2c(c1)NC(=O)[C@@H](C)O2)C(=O)NC1CCCCCC1. The highest BCUT2D eigenvalue weighted by Gasteiger charge is 2.24. The van der Waals surface area contributed by atoms with Crippen molar-refractivity contribution in [1.82, 2.24) is 5.32 Å². The molecule has 6 heteroatoms. The molecule has 2 atom stereocenters. The molecular formula is C19H27N3O3. The van der Waals surface area contributed by atoms with Crippen LogP contribution in [0.2, 0.25) is 0 Å². The topological polar surface area (TPSA) is 79.5 Å². The predicted molar refractivity (Wildman–Crippen MR) is 97.9 cm³/mol. The van der Waals surface area contributed by atoms with Crippen molar-refractivity contribution < 1.29 is 14.3 Å². The second-order valence-electron chi connectivity index (χ2n) is 7.02. The van der Waals surface area contributed by atoms with Crippen molar-refractivity contribution in [3.8, 4) is 5.75 Å². The quantitative estimate of drug-likeness (QED) is 0.733. The number of carbonyl (C=O) groups excluding carboxylic acids is 2. The van der Waals surface area contributed by atoms with Crippen LogP contribution in [-0.2, 0) is 9.59 Å². The minimum Gasteiger partial charge on any atom is -0.479 e. The molecule has 1 aromatic rings. The minimum atomic E-state index is -0.490. The third-order valence-electron chi connectivity index (χ3n) is 4.89. The summed E-state index contributed by atoms with van der Waals surface area (Å²) in [6.45, 7) is 3.56. The molecule has 1 aliphatic heterocycles. The van der Waals surface area contributed by atoms with E-state index in [1.54, 1.807) is 13.0 Å². The number of benzene rings is 1.